The molecule has 1 atom stereocenters. The highest BCUT2D eigenvalue weighted by Crippen LogP contribution is 2.24. The zero-order valence-electron chi connectivity index (χ0n) is 10.2. The van der Waals surface area contributed by atoms with Gasteiger partial charge in [-0.25, -0.2) is 0 Å². The van der Waals surface area contributed by atoms with Crippen molar-refractivity contribution in [2.24, 2.45) is 5.92 Å². The Labute approximate surface area is 101 Å². The molecule has 0 radical (unpaired) electrons. The van der Waals surface area contributed by atoms with Crippen molar-refractivity contribution in [3.8, 4) is 5.75 Å². The maximum Gasteiger partial charge on any atom is 0.157 e. The van der Waals surface area contributed by atoms with E-state index in [4.69, 9.17) is 4.74 Å². The van der Waals surface area contributed by atoms with Crippen LogP contribution in [0.5, 0.6) is 5.75 Å². The number of nitrogens with one attached hydrogen (secondary N) is 1. The van der Waals surface area contributed by atoms with Gasteiger partial charge in [-0.3, -0.25) is 4.79 Å². The van der Waals surface area contributed by atoms with E-state index in [9.17, 15) is 4.79 Å². The van der Waals surface area contributed by atoms with Crippen LogP contribution in [0.1, 0.15) is 19.8 Å². The first-order valence-corrected chi connectivity index (χ1v) is 5.82. The third kappa shape index (κ3) is 3.09. The van der Waals surface area contributed by atoms with Crippen LogP contribution in [-0.4, -0.2) is 12.9 Å². The van der Waals surface area contributed by atoms with Crippen LogP contribution in [0.2, 0.25) is 0 Å². The summed E-state index contributed by atoms with van der Waals surface area (Å²) in [6, 6.07) is 7.70. The summed E-state index contributed by atoms with van der Waals surface area (Å²) in [4.78, 5) is 11.4. The number of anilines is 1. The number of carbonyl (C=O) groups excluding carboxylic acids is 1. The van der Waals surface area contributed by atoms with Crippen molar-refractivity contribution in [1.29, 1.82) is 0 Å². The topological polar surface area (TPSA) is 38.3 Å². The Kier molecular flexibility index (Phi) is 3.47. The zero-order valence-corrected chi connectivity index (χ0v) is 10.2. The average molecular weight is 231 g/mol. The van der Waals surface area contributed by atoms with Gasteiger partial charge in [-0.1, -0.05) is 6.92 Å². The summed E-state index contributed by atoms with van der Waals surface area (Å²) in [5.41, 5.74) is 1.98. The van der Waals surface area contributed by atoms with Crippen molar-refractivity contribution in [1.82, 2.24) is 0 Å². The van der Waals surface area contributed by atoms with Crippen LogP contribution >= 0.6 is 0 Å². The van der Waals surface area contributed by atoms with Crippen molar-refractivity contribution in [2.75, 3.05) is 12.4 Å². The highest BCUT2D eigenvalue weighted by molar-refractivity contribution is 5.91. The van der Waals surface area contributed by atoms with Crippen LogP contribution in [0.3, 0.4) is 0 Å². The van der Waals surface area contributed by atoms with Crippen LogP contribution in [0.15, 0.2) is 36.0 Å². The number of ether oxygens (including phenoxy) is 1. The molecule has 0 aromatic heterocycles. The predicted molar refractivity (Wildman–Crippen MR) is 68.1 cm³/mol. The molecular weight excluding hydrogens is 214 g/mol. The van der Waals surface area contributed by atoms with Gasteiger partial charge in [-0.05, 0) is 36.6 Å². The molecule has 1 N–H and O–H groups in total. The molecule has 3 heteroatoms. The van der Waals surface area contributed by atoms with Crippen LogP contribution < -0.4 is 10.1 Å². The van der Waals surface area contributed by atoms with E-state index in [-0.39, 0.29) is 5.78 Å². The molecule has 1 aliphatic rings. The Morgan fingerprint density at radius 3 is 2.53 bits per heavy atom. The number of carbonyl (C=O) groups is 1. The van der Waals surface area contributed by atoms with Gasteiger partial charge in [0, 0.05) is 23.9 Å². The van der Waals surface area contributed by atoms with Crippen molar-refractivity contribution in [2.45, 2.75) is 19.8 Å². The van der Waals surface area contributed by atoms with E-state index in [0.717, 1.165) is 23.6 Å². The van der Waals surface area contributed by atoms with E-state index in [1.165, 1.54) is 0 Å². The molecule has 1 aliphatic carbocycles. The molecule has 0 saturated carbocycles. The summed E-state index contributed by atoms with van der Waals surface area (Å²) in [5.74, 6) is 1.46. The van der Waals surface area contributed by atoms with E-state index >= 15 is 0 Å². The Morgan fingerprint density at radius 1 is 1.24 bits per heavy atom. The Hall–Kier alpha value is -1.77. The minimum atomic E-state index is 0.208. The summed E-state index contributed by atoms with van der Waals surface area (Å²) in [6.45, 7) is 2.10. The molecule has 90 valence electrons. The van der Waals surface area contributed by atoms with E-state index in [1.807, 2.05) is 24.3 Å². The molecule has 17 heavy (non-hydrogen) atoms. The van der Waals surface area contributed by atoms with Crippen LogP contribution in [0.25, 0.3) is 0 Å². The molecule has 3 nitrogen and oxygen atoms in total. The largest absolute Gasteiger partial charge is 0.497 e. The van der Waals surface area contributed by atoms with E-state index in [0.29, 0.717) is 12.3 Å². The predicted octanol–water partition coefficient (Wildman–Crippen LogP) is 2.99. The van der Waals surface area contributed by atoms with E-state index in [1.54, 1.807) is 13.2 Å². The quantitative estimate of drug-likeness (QED) is 0.869. The van der Waals surface area contributed by atoms with Gasteiger partial charge in [0.05, 0.1) is 7.11 Å². The molecule has 0 amide bonds. The van der Waals surface area contributed by atoms with Gasteiger partial charge in [-0.15, -0.1) is 0 Å². The third-order valence-corrected chi connectivity index (χ3v) is 2.85. The number of ketones is 1. The molecule has 0 aliphatic heterocycles. The highest BCUT2D eigenvalue weighted by atomic mass is 16.5. The first kappa shape index (κ1) is 11.7. The lowest BCUT2D eigenvalue weighted by molar-refractivity contribution is -0.115. The second kappa shape index (κ2) is 5.04. The molecule has 1 aromatic rings. The number of hydrogen-bond acceptors (Lipinski definition) is 3. The second-order valence-electron chi connectivity index (χ2n) is 4.50. The molecule has 0 spiro atoms. The lowest BCUT2D eigenvalue weighted by Crippen LogP contribution is -2.15. The Bertz CT molecular complexity index is 434. The van der Waals surface area contributed by atoms with Gasteiger partial charge in [0.15, 0.2) is 5.78 Å². The van der Waals surface area contributed by atoms with Gasteiger partial charge in [0.1, 0.15) is 5.75 Å². The van der Waals surface area contributed by atoms with Crippen molar-refractivity contribution >= 4 is 11.5 Å². The lowest BCUT2D eigenvalue weighted by atomic mass is 9.93. The molecule has 0 fully saturated rings. The number of hydrogen-bond donors (Lipinski definition) is 1. The summed E-state index contributed by atoms with van der Waals surface area (Å²) < 4.78 is 5.10. The number of allylic oxidation sites excluding steroid dienone is 2. The monoisotopic (exact) mass is 231 g/mol. The Balaban J connectivity index is 2.07. The van der Waals surface area contributed by atoms with Crippen LogP contribution in [0.4, 0.5) is 5.69 Å². The molecular formula is C14H17NO2. The first-order valence-electron chi connectivity index (χ1n) is 5.82. The van der Waals surface area contributed by atoms with Gasteiger partial charge >= 0.3 is 0 Å². The first-order chi connectivity index (χ1) is 8.17. The minimum Gasteiger partial charge on any atom is -0.497 e. The maximum atomic E-state index is 11.4. The Morgan fingerprint density at radius 2 is 1.94 bits per heavy atom. The molecule has 0 bridgehead atoms. The molecule has 2 rings (SSSR count). The number of methoxy groups -OCH3 is 1. The molecule has 0 saturated heterocycles. The zero-order chi connectivity index (χ0) is 12.3. The summed E-state index contributed by atoms with van der Waals surface area (Å²) in [6.07, 6.45) is 3.30. The lowest BCUT2D eigenvalue weighted by Gasteiger charge is -2.19. The van der Waals surface area contributed by atoms with Crippen molar-refractivity contribution < 1.29 is 9.53 Å². The summed E-state index contributed by atoms with van der Waals surface area (Å²) in [7, 11) is 1.65. The summed E-state index contributed by atoms with van der Waals surface area (Å²) >= 11 is 0. The van der Waals surface area contributed by atoms with Gasteiger partial charge in [0.2, 0.25) is 0 Å². The molecule has 1 aromatic carbocycles. The van der Waals surface area contributed by atoms with Crippen LogP contribution in [-0.2, 0) is 4.79 Å². The second-order valence-corrected chi connectivity index (χ2v) is 4.50. The van der Waals surface area contributed by atoms with Gasteiger partial charge in [-0.2, -0.15) is 0 Å². The molecule has 1 unspecified atom stereocenters. The fourth-order valence-corrected chi connectivity index (χ4v) is 2.05. The average Bonchev–Trinajstić information content (AvgIpc) is 2.28. The third-order valence-electron chi connectivity index (χ3n) is 2.85. The summed E-state index contributed by atoms with van der Waals surface area (Å²) in [5, 5.41) is 3.28. The van der Waals surface area contributed by atoms with Crippen molar-refractivity contribution in [3.63, 3.8) is 0 Å². The van der Waals surface area contributed by atoms with Crippen LogP contribution in [0, 0.1) is 5.92 Å². The highest BCUT2D eigenvalue weighted by Gasteiger charge is 2.16. The minimum absolute atomic E-state index is 0.208. The fraction of sp³-hybridized carbons (Fsp3) is 0.357. The fourth-order valence-electron chi connectivity index (χ4n) is 2.05. The van der Waals surface area contributed by atoms with Crippen molar-refractivity contribution in [3.05, 3.63) is 36.0 Å². The number of rotatable bonds is 3. The smallest absolute Gasteiger partial charge is 0.157 e. The SMILES string of the molecule is COc1ccc(NC2=CC(=O)CC(C)C2)cc1. The standard InChI is InChI=1S/C14H17NO2/c1-10-7-12(9-13(16)8-10)15-11-3-5-14(17-2)6-4-11/h3-6,9-10,15H,7-8H2,1-2H3. The van der Waals surface area contributed by atoms with E-state index in [2.05, 4.69) is 12.2 Å². The van der Waals surface area contributed by atoms with Gasteiger partial charge < -0.3 is 10.1 Å². The van der Waals surface area contributed by atoms with E-state index < -0.39 is 0 Å². The molecule has 0 heterocycles. The maximum absolute atomic E-state index is 11.4. The number of benzene rings is 1. The van der Waals surface area contributed by atoms with Gasteiger partial charge in [0.25, 0.3) is 0 Å². The normalized spacial score (nSPS) is 19.8.